The number of nitrogens with one attached hydrogen (secondary N) is 1. The number of halogens is 2. The van der Waals surface area contributed by atoms with Gasteiger partial charge in [0, 0.05) is 27.4 Å². The third-order valence-electron chi connectivity index (χ3n) is 2.65. The Balaban J connectivity index is 1.98. The second-order valence-electron chi connectivity index (χ2n) is 4.29. The zero-order chi connectivity index (χ0) is 13.8. The Hall–Kier alpha value is -0.840. The second-order valence-corrected chi connectivity index (χ2v) is 6.58. The summed E-state index contributed by atoms with van der Waals surface area (Å²) >= 11 is 11.0. The van der Waals surface area contributed by atoms with Gasteiger partial charge < -0.3 is 5.32 Å². The summed E-state index contributed by atoms with van der Waals surface area (Å²) in [6.45, 7) is 2.00. The molecule has 0 bridgehead atoms. The van der Waals surface area contributed by atoms with Crippen molar-refractivity contribution < 1.29 is 4.79 Å². The fraction of sp³-hybridized carbons (Fsp3) is 0.214. The number of hydrogen-bond acceptors (Lipinski definition) is 2. The van der Waals surface area contributed by atoms with E-state index in [9.17, 15) is 4.79 Å². The van der Waals surface area contributed by atoms with E-state index in [2.05, 4.69) is 27.3 Å². The molecule has 0 spiro atoms. The minimum atomic E-state index is -0.0987. The molecule has 100 valence electrons. The van der Waals surface area contributed by atoms with E-state index < -0.39 is 0 Å². The fourth-order valence-electron chi connectivity index (χ4n) is 1.73. The average molecular weight is 359 g/mol. The number of benzene rings is 1. The highest BCUT2D eigenvalue weighted by atomic mass is 79.9. The van der Waals surface area contributed by atoms with Gasteiger partial charge in [-0.3, -0.25) is 4.79 Å². The molecule has 0 radical (unpaired) electrons. The van der Waals surface area contributed by atoms with Crippen LogP contribution in [0.15, 0.2) is 40.2 Å². The Bertz CT molecular complexity index is 571. The standard InChI is InChI=1S/C14H13BrClNOS/c1-9(7-11-3-2-6-19-11)17-14(18)10-4-5-12(15)13(16)8-10/h2-6,8-9H,7H2,1H3,(H,17,18). The van der Waals surface area contributed by atoms with Crippen LogP contribution >= 0.6 is 38.9 Å². The summed E-state index contributed by atoms with van der Waals surface area (Å²) in [5, 5.41) is 5.56. The third-order valence-corrected chi connectivity index (χ3v) is 4.78. The largest absolute Gasteiger partial charge is 0.349 e. The number of hydrogen-bond donors (Lipinski definition) is 1. The number of thiophene rings is 1. The highest BCUT2D eigenvalue weighted by molar-refractivity contribution is 9.10. The van der Waals surface area contributed by atoms with Crippen molar-refractivity contribution in [1.29, 1.82) is 0 Å². The van der Waals surface area contributed by atoms with Gasteiger partial charge >= 0.3 is 0 Å². The van der Waals surface area contributed by atoms with Gasteiger partial charge in [0.05, 0.1) is 5.02 Å². The molecule has 0 aliphatic rings. The molecular formula is C14H13BrClNOS. The Morgan fingerprint density at radius 1 is 1.47 bits per heavy atom. The van der Waals surface area contributed by atoms with Crippen molar-refractivity contribution in [3.63, 3.8) is 0 Å². The van der Waals surface area contributed by atoms with E-state index in [0.29, 0.717) is 10.6 Å². The lowest BCUT2D eigenvalue weighted by atomic mass is 10.1. The van der Waals surface area contributed by atoms with Crippen molar-refractivity contribution in [1.82, 2.24) is 5.32 Å². The van der Waals surface area contributed by atoms with E-state index in [1.807, 2.05) is 18.4 Å². The molecule has 0 aliphatic heterocycles. The van der Waals surface area contributed by atoms with E-state index in [1.165, 1.54) is 4.88 Å². The molecule has 1 heterocycles. The molecule has 0 saturated carbocycles. The topological polar surface area (TPSA) is 29.1 Å². The van der Waals surface area contributed by atoms with Crippen molar-refractivity contribution in [3.05, 3.63) is 55.6 Å². The first-order chi connectivity index (χ1) is 9.06. The van der Waals surface area contributed by atoms with Gasteiger partial charge in [0.2, 0.25) is 0 Å². The maximum Gasteiger partial charge on any atom is 0.251 e. The first kappa shape index (κ1) is 14.6. The molecule has 1 atom stereocenters. The normalized spacial score (nSPS) is 12.2. The predicted molar refractivity (Wildman–Crippen MR) is 84.1 cm³/mol. The van der Waals surface area contributed by atoms with Gasteiger partial charge in [-0.1, -0.05) is 17.7 Å². The average Bonchev–Trinajstić information content (AvgIpc) is 2.85. The van der Waals surface area contributed by atoms with Crippen LogP contribution in [-0.2, 0) is 6.42 Å². The summed E-state index contributed by atoms with van der Waals surface area (Å²) in [5.74, 6) is -0.0987. The van der Waals surface area contributed by atoms with Crippen LogP contribution in [-0.4, -0.2) is 11.9 Å². The van der Waals surface area contributed by atoms with Gasteiger partial charge in [-0.15, -0.1) is 11.3 Å². The molecule has 1 N–H and O–H groups in total. The summed E-state index contributed by atoms with van der Waals surface area (Å²) in [7, 11) is 0. The van der Waals surface area contributed by atoms with E-state index >= 15 is 0 Å². The van der Waals surface area contributed by atoms with Crippen molar-refractivity contribution in [2.45, 2.75) is 19.4 Å². The quantitative estimate of drug-likeness (QED) is 0.855. The summed E-state index contributed by atoms with van der Waals surface area (Å²) in [5.41, 5.74) is 0.575. The Labute approximate surface area is 129 Å². The summed E-state index contributed by atoms with van der Waals surface area (Å²) < 4.78 is 0.789. The van der Waals surface area contributed by atoms with Gasteiger partial charge in [0.1, 0.15) is 0 Å². The Kier molecular flexibility index (Phi) is 5.02. The number of rotatable bonds is 4. The molecule has 0 saturated heterocycles. The van der Waals surface area contributed by atoms with Gasteiger partial charge in [-0.05, 0) is 52.5 Å². The molecule has 2 nitrogen and oxygen atoms in total. The zero-order valence-electron chi connectivity index (χ0n) is 10.3. The van der Waals surface area contributed by atoms with Crippen LogP contribution in [0.25, 0.3) is 0 Å². The summed E-state index contributed by atoms with van der Waals surface area (Å²) in [6.07, 6.45) is 0.841. The molecule has 5 heteroatoms. The zero-order valence-corrected chi connectivity index (χ0v) is 13.5. The van der Waals surface area contributed by atoms with Crippen LogP contribution in [0.5, 0.6) is 0 Å². The summed E-state index contributed by atoms with van der Waals surface area (Å²) in [4.78, 5) is 13.3. The fourth-order valence-corrected chi connectivity index (χ4v) is 2.99. The van der Waals surface area contributed by atoms with Crippen molar-refractivity contribution in [2.24, 2.45) is 0 Å². The monoisotopic (exact) mass is 357 g/mol. The lowest BCUT2D eigenvalue weighted by Crippen LogP contribution is -2.33. The molecule has 1 unspecified atom stereocenters. The minimum Gasteiger partial charge on any atom is -0.349 e. The molecule has 19 heavy (non-hydrogen) atoms. The lowest BCUT2D eigenvalue weighted by Gasteiger charge is -2.13. The van der Waals surface area contributed by atoms with E-state index in [4.69, 9.17) is 11.6 Å². The minimum absolute atomic E-state index is 0.0913. The Morgan fingerprint density at radius 3 is 2.89 bits per heavy atom. The maximum absolute atomic E-state index is 12.1. The third kappa shape index (κ3) is 4.06. The highest BCUT2D eigenvalue weighted by Gasteiger charge is 2.11. The van der Waals surface area contributed by atoms with Crippen LogP contribution < -0.4 is 5.32 Å². The predicted octanol–water partition coefficient (Wildman–Crippen LogP) is 4.53. The highest BCUT2D eigenvalue weighted by Crippen LogP contribution is 2.23. The van der Waals surface area contributed by atoms with Crippen LogP contribution in [0.3, 0.4) is 0 Å². The summed E-state index contributed by atoms with van der Waals surface area (Å²) in [6, 6.07) is 9.38. The molecule has 2 rings (SSSR count). The number of amides is 1. The van der Waals surface area contributed by atoms with Crippen LogP contribution in [0.1, 0.15) is 22.2 Å². The second kappa shape index (κ2) is 6.55. The number of carbonyl (C=O) groups excluding carboxylic acids is 1. The van der Waals surface area contributed by atoms with Crippen molar-refractivity contribution >= 4 is 44.8 Å². The van der Waals surface area contributed by atoms with Crippen LogP contribution in [0.2, 0.25) is 5.02 Å². The van der Waals surface area contributed by atoms with E-state index in [-0.39, 0.29) is 11.9 Å². The van der Waals surface area contributed by atoms with Gasteiger partial charge in [0.25, 0.3) is 5.91 Å². The van der Waals surface area contributed by atoms with Crippen LogP contribution in [0.4, 0.5) is 0 Å². The first-order valence-electron chi connectivity index (χ1n) is 5.84. The maximum atomic E-state index is 12.1. The van der Waals surface area contributed by atoms with E-state index in [1.54, 1.807) is 29.5 Å². The van der Waals surface area contributed by atoms with Gasteiger partial charge in [0.15, 0.2) is 0 Å². The molecule has 1 aromatic carbocycles. The van der Waals surface area contributed by atoms with Gasteiger partial charge in [-0.25, -0.2) is 0 Å². The molecular weight excluding hydrogens is 346 g/mol. The van der Waals surface area contributed by atoms with Crippen molar-refractivity contribution in [2.75, 3.05) is 0 Å². The molecule has 0 fully saturated rings. The van der Waals surface area contributed by atoms with Crippen LogP contribution in [0, 0.1) is 0 Å². The number of carbonyl (C=O) groups is 1. The Morgan fingerprint density at radius 2 is 2.26 bits per heavy atom. The smallest absolute Gasteiger partial charge is 0.251 e. The lowest BCUT2D eigenvalue weighted by molar-refractivity contribution is 0.0940. The SMILES string of the molecule is CC(Cc1cccs1)NC(=O)c1ccc(Br)c(Cl)c1. The van der Waals surface area contributed by atoms with Gasteiger partial charge in [-0.2, -0.15) is 0 Å². The first-order valence-corrected chi connectivity index (χ1v) is 7.89. The van der Waals surface area contributed by atoms with E-state index in [0.717, 1.165) is 10.9 Å². The molecule has 1 amide bonds. The molecule has 2 aromatic rings. The van der Waals surface area contributed by atoms with Crippen molar-refractivity contribution in [3.8, 4) is 0 Å². The molecule has 1 aromatic heterocycles. The molecule has 0 aliphatic carbocycles.